The smallest absolute Gasteiger partial charge is 0.407 e. The fourth-order valence-electron chi connectivity index (χ4n) is 3.79. The summed E-state index contributed by atoms with van der Waals surface area (Å²) in [5.41, 5.74) is 8.42. The van der Waals surface area contributed by atoms with Gasteiger partial charge in [-0.15, -0.1) is 0 Å². The summed E-state index contributed by atoms with van der Waals surface area (Å²) in [6.45, 7) is 3.83. The van der Waals surface area contributed by atoms with E-state index in [0.717, 1.165) is 11.1 Å². The van der Waals surface area contributed by atoms with Crippen LogP contribution in [0, 0.1) is 5.92 Å². The topological polar surface area (TPSA) is 114 Å². The van der Waals surface area contributed by atoms with Crippen molar-refractivity contribution in [1.82, 2.24) is 10.6 Å². The number of rotatable bonds is 12. The maximum Gasteiger partial charge on any atom is 0.407 e. The normalized spacial score (nSPS) is 15.5. The van der Waals surface area contributed by atoms with E-state index in [1.165, 1.54) is 7.11 Å². The first kappa shape index (κ1) is 26.4. The first-order chi connectivity index (χ1) is 15.8. The number of aliphatic hydroxyl groups is 1. The number of alkyl carbamates (subject to hydrolysis) is 1. The molecule has 2 amide bonds. The number of amides is 2. The summed E-state index contributed by atoms with van der Waals surface area (Å²) < 4.78 is 4.69. The first-order valence-corrected chi connectivity index (χ1v) is 11.5. The Kier molecular flexibility index (Phi) is 10.9. The van der Waals surface area contributed by atoms with Gasteiger partial charge in [0.25, 0.3) is 0 Å². The summed E-state index contributed by atoms with van der Waals surface area (Å²) in [7, 11) is 1.26. The summed E-state index contributed by atoms with van der Waals surface area (Å²) in [6, 6.07) is 17.9. The number of carbonyl (C=O) groups is 2. The molecule has 7 nitrogen and oxygen atoms in total. The lowest BCUT2D eigenvalue weighted by atomic mass is 9.93. The Labute approximate surface area is 196 Å². The molecular formula is C26H37N3O4. The van der Waals surface area contributed by atoms with Crippen molar-refractivity contribution >= 4 is 12.0 Å². The molecule has 0 fully saturated rings. The number of methoxy groups -OCH3 is 1. The van der Waals surface area contributed by atoms with Crippen LogP contribution in [0.5, 0.6) is 0 Å². The number of ether oxygens (including phenoxy) is 1. The second-order valence-electron chi connectivity index (χ2n) is 8.56. The van der Waals surface area contributed by atoms with Crippen LogP contribution in [0.15, 0.2) is 60.7 Å². The number of nitrogens with one attached hydrogen (secondary N) is 2. The highest BCUT2D eigenvalue weighted by atomic mass is 16.5. The zero-order valence-electron chi connectivity index (χ0n) is 19.7. The average molecular weight is 456 g/mol. The highest BCUT2D eigenvalue weighted by Crippen LogP contribution is 2.15. The minimum atomic E-state index is -0.858. The summed E-state index contributed by atoms with van der Waals surface area (Å²) in [5.74, 6) is -0.467. The van der Waals surface area contributed by atoms with Gasteiger partial charge in [0.1, 0.15) is 6.04 Å². The van der Waals surface area contributed by atoms with Crippen LogP contribution in [0.2, 0.25) is 0 Å². The van der Waals surface area contributed by atoms with Crippen molar-refractivity contribution in [3.8, 4) is 0 Å². The van der Waals surface area contributed by atoms with Crippen molar-refractivity contribution in [2.24, 2.45) is 11.7 Å². The minimum Gasteiger partial charge on any atom is -0.453 e. The van der Waals surface area contributed by atoms with E-state index in [9.17, 15) is 14.7 Å². The molecule has 5 atom stereocenters. The maximum absolute atomic E-state index is 13.2. The summed E-state index contributed by atoms with van der Waals surface area (Å²) >= 11 is 0. The predicted octanol–water partition coefficient (Wildman–Crippen LogP) is 2.81. The Morgan fingerprint density at radius 2 is 1.52 bits per heavy atom. The third-order valence-corrected chi connectivity index (χ3v) is 5.93. The fraction of sp³-hybridized carbons (Fsp3) is 0.462. The molecule has 0 aliphatic rings. The molecule has 5 N–H and O–H groups in total. The molecule has 0 spiro atoms. The molecule has 0 aliphatic carbocycles. The van der Waals surface area contributed by atoms with E-state index in [0.29, 0.717) is 25.7 Å². The summed E-state index contributed by atoms with van der Waals surface area (Å²) in [4.78, 5) is 25.0. The van der Waals surface area contributed by atoms with Gasteiger partial charge in [-0.2, -0.15) is 0 Å². The number of carbonyl (C=O) groups excluding carboxylic acids is 2. The van der Waals surface area contributed by atoms with E-state index in [2.05, 4.69) is 15.4 Å². The second kappa shape index (κ2) is 13.6. The SMILES string of the molecule is CC[C@H](C)[C@H](NC(=O)OC)C(=O)N[C@@H](Cc1ccccc1)[C@@H](O)C[C@@H](N)Cc1ccccc1. The molecule has 180 valence electrons. The monoisotopic (exact) mass is 455 g/mol. The maximum atomic E-state index is 13.2. The van der Waals surface area contributed by atoms with Crippen molar-refractivity contribution in [3.63, 3.8) is 0 Å². The van der Waals surface area contributed by atoms with Gasteiger partial charge >= 0.3 is 6.09 Å². The van der Waals surface area contributed by atoms with Crippen molar-refractivity contribution in [1.29, 1.82) is 0 Å². The molecule has 0 saturated heterocycles. The largest absolute Gasteiger partial charge is 0.453 e. The van der Waals surface area contributed by atoms with Crippen molar-refractivity contribution in [2.45, 2.75) is 63.8 Å². The van der Waals surface area contributed by atoms with Crippen molar-refractivity contribution < 1.29 is 19.4 Å². The van der Waals surface area contributed by atoms with Crippen LogP contribution in [-0.2, 0) is 22.4 Å². The Bertz CT molecular complexity index is 847. The van der Waals surface area contributed by atoms with Gasteiger partial charge in [-0.1, -0.05) is 80.9 Å². The number of nitrogens with two attached hydrogens (primary N) is 1. The van der Waals surface area contributed by atoms with E-state index in [-0.39, 0.29) is 17.9 Å². The van der Waals surface area contributed by atoms with Crippen LogP contribution in [0.1, 0.15) is 37.8 Å². The Balaban J connectivity index is 2.14. The van der Waals surface area contributed by atoms with Crippen molar-refractivity contribution in [3.05, 3.63) is 71.8 Å². The quantitative estimate of drug-likeness (QED) is 0.393. The summed E-state index contributed by atoms with van der Waals surface area (Å²) in [5, 5.41) is 16.7. The van der Waals surface area contributed by atoms with E-state index < -0.39 is 24.3 Å². The molecule has 2 aromatic carbocycles. The average Bonchev–Trinajstić information content (AvgIpc) is 2.82. The van der Waals surface area contributed by atoms with E-state index >= 15 is 0 Å². The number of hydrogen-bond acceptors (Lipinski definition) is 5. The lowest BCUT2D eigenvalue weighted by Gasteiger charge is -2.30. The Morgan fingerprint density at radius 1 is 0.970 bits per heavy atom. The van der Waals surface area contributed by atoms with Crippen LogP contribution in [-0.4, -0.2) is 48.4 Å². The number of aliphatic hydroxyl groups excluding tert-OH is 1. The molecule has 0 saturated carbocycles. The third kappa shape index (κ3) is 8.86. The van der Waals surface area contributed by atoms with Gasteiger partial charge in [0, 0.05) is 6.04 Å². The van der Waals surface area contributed by atoms with Crippen LogP contribution < -0.4 is 16.4 Å². The van der Waals surface area contributed by atoms with E-state index in [4.69, 9.17) is 5.73 Å². The minimum absolute atomic E-state index is 0.112. The van der Waals surface area contributed by atoms with Gasteiger partial charge in [-0.25, -0.2) is 4.79 Å². The van der Waals surface area contributed by atoms with Gasteiger partial charge in [-0.3, -0.25) is 4.79 Å². The molecule has 7 heteroatoms. The zero-order valence-corrected chi connectivity index (χ0v) is 19.7. The Hall–Kier alpha value is -2.90. The molecule has 0 radical (unpaired) electrons. The van der Waals surface area contributed by atoms with Gasteiger partial charge in [-0.05, 0) is 36.3 Å². The van der Waals surface area contributed by atoms with Crippen LogP contribution in [0.25, 0.3) is 0 Å². The van der Waals surface area contributed by atoms with Crippen LogP contribution in [0.4, 0.5) is 4.79 Å². The van der Waals surface area contributed by atoms with Gasteiger partial charge in [0.05, 0.1) is 19.3 Å². The van der Waals surface area contributed by atoms with E-state index in [1.54, 1.807) is 0 Å². The first-order valence-electron chi connectivity index (χ1n) is 11.5. The molecule has 33 heavy (non-hydrogen) atoms. The molecule has 2 aromatic rings. The standard InChI is InChI=1S/C26H37N3O4/c1-4-18(2)24(29-26(32)33-3)25(31)28-22(16-20-13-9-6-10-14-20)23(30)17-21(27)15-19-11-7-5-8-12-19/h5-14,18,21-24,30H,4,15-17,27H2,1-3H3,(H,28,31)(H,29,32)/t18-,21-,22-,23-,24-/m0/s1. The number of benzene rings is 2. The molecular weight excluding hydrogens is 418 g/mol. The number of hydrogen-bond donors (Lipinski definition) is 4. The predicted molar refractivity (Wildman–Crippen MR) is 130 cm³/mol. The molecule has 0 aliphatic heterocycles. The second-order valence-corrected chi connectivity index (χ2v) is 8.56. The zero-order chi connectivity index (χ0) is 24.2. The molecule has 0 aromatic heterocycles. The third-order valence-electron chi connectivity index (χ3n) is 5.93. The highest BCUT2D eigenvalue weighted by Gasteiger charge is 2.31. The highest BCUT2D eigenvalue weighted by molar-refractivity contribution is 5.86. The van der Waals surface area contributed by atoms with Gasteiger partial charge in [0.15, 0.2) is 0 Å². The molecule has 2 rings (SSSR count). The van der Waals surface area contributed by atoms with E-state index in [1.807, 2.05) is 74.5 Å². The molecule has 0 bridgehead atoms. The van der Waals surface area contributed by atoms with Gasteiger partial charge < -0.3 is 26.2 Å². The molecule has 0 heterocycles. The van der Waals surface area contributed by atoms with Crippen LogP contribution >= 0.6 is 0 Å². The van der Waals surface area contributed by atoms with Crippen LogP contribution in [0.3, 0.4) is 0 Å². The fourth-order valence-corrected chi connectivity index (χ4v) is 3.79. The lowest BCUT2D eigenvalue weighted by Crippen LogP contribution is -2.55. The lowest BCUT2D eigenvalue weighted by molar-refractivity contribution is -0.125. The summed E-state index contributed by atoms with van der Waals surface area (Å²) in [6.07, 6.45) is 0.561. The van der Waals surface area contributed by atoms with Gasteiger partial charge in [0.2, 0.25) is 5.91 Å². The Morgan fingerprint density at radius 3 is 2.03 bits per heavy atom. The van der Waals surface area contributed by atoms with Crippen molar-refractivity contribution in [2.75, 3.05) is 7.11 Å². The molecule has 0 unspecified atom stereocenters.